The van der Waals surface area contributed by atoms with Gasteiger partial charge in [-0.3, -0.25) is 4.90 Å². The highest BCUT2D eigenvalue weighted by Crippen LogP contribution is 2.45. The normalized spacial score (nSPS) is 30.4. The zero-order chi connectivity index (χ0) is 16.0. The Morgan fingerprint density at radius 3 is 3.00 bits per heavy atom. The summed E-state index contributed by atoms with van der Waals surface area (Å²) in [6, 6.07) is 5.55. The first-order chi connectivity index (χ1) is 11.1. The second kappa shape index (κ2) is 5.48. The van der Waals surface area contributed by atoms with Crippen molar-refractivity contribution < 1.29 is 4.39 Å². The van der Waals surface area contributed by atoms with Crippen molar-refractivity contribution >= 4 is 10.9 Å². The first kappa shape index (κ1) is 14.9. The van der Waals surface area contributed by atoms with Crippen LogP contribution in [-0.2, 0) is 6.42 Å². The van der Waals surface area contributed by atoms with E-state index in [1.54, 1.807) is 6.07 Å². The minimum absolute atomic E-state index is 0.156. The van der Waals surface area contributed by atoms with Crippen molar-refractivity contribution in [2.75, 3.05) is 13.1 Å². The van der Waals surface area contributed by atoms with Crippen molar-refractivity contribution in [2.24, 2.45) is 11.3 Å². The number of nitrogens with one attached hydrogen (secondary N) is 1. The highest BCUT2D eigenvalue weighted by atomic mass is 19.1. The van der Waals surface area contributed by atoms with Crippen LogP contribution in [0.2, 0.25) is 0 Å². The van der Waals surface area contributed by atoms with E-state index < -0.39 is 0 Å². The van der Waals surface area contributed by atoms with Gasteiger partial charge < -0.3 is 4.98 Å². The Bertz CT molecular complexity index is 747. The number of benzene rings is 1. The van der Waals surface area contributed by atoms with Crippen LogP contribution < -0.4 is 0 Å². The maximum absolute atomic E-state index is 13.5. The molecule has 2 nitrogen and oxygen atoms in total. The molecule has 1 saturated heterocycles. The Morgan fingerprint density at radius 2 is 2.22 bits per heavy atom. The van der Waals surface area contributed by atoms with Crippen molar-refractivity contribution in [3.05, 3.63) is 47.9 Å². The molecule has 2 bridgehead atoms. The predicted molar refractivity (Wildman–Crippen MR) is 93.0 cm³/mol. The number of H-pyrrole nitrogens is 1. The van der Waals surface area contributed by atoms with Crippen LogP contribution >= 0.6 is 0 Å². The molecule has 3 heteroatoms. The van der Waals surface area contributed by atoms with Gasteiger partial charge in [0.05, 0.1) is 0 Å². The monoisotopic (exact) mass is 312 g/mol. The number of nitrogens with zero attached hydrogens (tertiary/aromatic N) is 1. The third kappa shape index (κ3) is 2.51. The van der Waals surface area contributed by atoms with Crippen molar-refractivity contribution in [1.82, 2.24) is 9.88 Å². The minimum Gasteiger partial charge on any atom is -0.361 e. The number of halogens is 1. The van der Waals surface area contributed by atoms with Crippen molar-refractivity contribution in [3.8, 4) is 0 Å². The molecular weight excluding hydrogens is 287 g/mol. The van der Waals surface area contributed by atoms with Gasteiger partial charge in [0, 0.05) is 36.2 Å². The lowest BCUT2D eigenvalue weighted by atomic mass is 9.65. The topological polar surface area (TPSA) is 19.0 Å². The van der Waals surface area contributed by atoms with Crippen molar-refractivity contribution in [2.45, 2.75) is 39.2 Å². The van der Waals surface area contributed by atoms with Gasteiger partial charge in [0.15, 0.2) is 0 Å². The molecule has 3 unspecified atom stereocenters. The molecule has 0 radical (unpaired) electrons. The van der Waals surface area contributed by atoms with Crippen LogP contribution in [0.5, 0.6) is 0 Å². The predicted octanol–water partition coefficient (Wildman–Crippen LogP) is 4.53. The Kier molecular flexibility index (Phi) is 3.56. The third-order valence-electron chi connectivity index (χ3n) is 6.08. The fraction of sp³-hybridized carbons (Fsp3) is 0.500. The quantitative estimate of drug-likeness (QED) is 0.822. The minimum atomic E-state index is -0.156. The Labute approximate surface area is 137 Å². The molecule has 3 heterocycles. The maximum atomic E-state index is 13.5. The van der Waals surface area contributed by atoms with Crippen LogP contribution in [0.4, 0.5) is 4.39 Å². The summed E-state index contributed by atoms with van der Waals surface area (Å²) in [7, 11) is 0. The summed E-state index contributed by atoms with van der Waals surface area (Å²) in [6.45, 7) is 6.97. The maximum Gasteiger partial charge on any atom is 0.123 e. The van der Waals surface area contributed by atoms with Gasteiger partial charge in [-0.25, -0.2) is 4.39 Å². The summed E-state index contributed by atoms with van der Waals surface area (Å²) in [5.41, 5.74) is 2.66. The van der Waals surface area contributed by atoms with Gasteiger partial charge >= 0.3 is 0 Å². The van der Waals surface area contributed by atoms with Crippen molar-refractivity contribution in [3.63, 3.8) is 0 Å². The zero-order valence-electron chi connectivity index (χ0n) is 14.0. The van der Waals surface area contributed by atoms with E-state index in [-0.39, 0.29) is 5.82 Å². The molecule has 1 aromatic carbocycles. The molecule has 1 N–H and O–H groups in total. The van der Waals surface area contributed by atoms with E-state index >= 15 is 0 Å². The largest absolute Gasteiger partial charge is 0.361 e. The molecule has 2 aromatic rings. The highest BCUT2D eigenvalue weighted by molar-refractivity contribution is 5.83. The number of fused-ring (bicyclic) bond motifs is 3. The summed E-state index contributed by atoms with van der Waals surface area (Å²) < 4.78 is 13.5. The van der Waals surface area contributed by atoms with Gasteiger partial charge in [-0.1, -0.05) is 26.0 Å². The average molecular weight is 312 g/mol. The van der Waals surface area contributed by atoms with E-state index in [9.17, 15) is 4.39 Å². The van der Waals surface area contributed by atoms with E-state index in [2.05, 4.69) is 35.9 Å². The van der Waals surface area contributed by atoms with E-state index in [0.717, 1.165) is 23.9 Å². The van der Waals surface area contributed by atoms with Crippen LogP contribution in [0.15, 0.2) is 36.5 Å². The average Bonchev–Trinajstić information content (AvgIpc) is 2.95. The SMILES string of the molecule is CCC1(C)CC2C=CC1N(CCc1c[nH]c3ccc(F)cc13)C2. The van der Waals surface area contributed by atoms with Crippen LogP contribution in [0.25, 0.3) is 10.9 Å². The van der Waals surface area contributed by atoms with Gasteiger partial charge in [0.2, 0.25) is 0 Å². The van der Waals surface area contributed by atoms with Crippen molar-refractivity contribution in [1.29, 1.82) is 0 Å². The molecular formula is C20H25FN2. The Hall–Kier alpha value is -1.61. The molecule has 1 aliphatic carbocycles. The van der Waals surface area contributed by atoms with Gasteiger partial charge in [0.1, 0.15) is 5.82 Å². The number of aromatic amines is 1. The third-order valence-corrected chi connectivity index (χ3v) is 6.08. The van der Waals surface area contributed by atoms with E-state index in [0.29, 0.717) is 17.4 Å². The molecule has 2 aliphatic heterocycles. The van der Waals surface area contributed by atoms with Gasteiger partial charge in [0.25, 0.3) is 0 Å². The first-order valence-electron chi connectivity index (χ1n) is 8.77. The zero-order valence-corrected chi connectivity index (χ0v) is 14.0. The van der Waals surface area contributed by atoms with Crippen LogP contribution in [0.3, 0.4) is 0 Å². The second-order valence-electron chi connectivity index (χ2n) is 7.55. The number of hydrogen-bond acceptors (Lipinski definition) is 1. The summed E-state index contributed by atoms with van der Waals surface area (Å²) in [5, 5.41) is 1.03. The standard InChI is InChI=1S/C20H25FN2/c1-3-20(2)11-14-4-7-19(20)23(13-14)9-8-15-12-22-18-6-5-16(21)10-17(15)18/h4-7,10,12,14,19,22H,3,8-9,11,13H2,1-2H3. The van der Waals surface area contributed by atoms with Gasteiger partial charge in [-0.05, 0) is 54.4 Å². The fourth-order valence-electron chi connectivity index (χ4n) is 4.59. The van der Waals surface area contributed by atoms with Crippen LogP contribution in [0.1, 0.15) is 32.3 Å². The lowest BCUT2D eigenvalue weighted by Gasteiger charge is -2.52. The first-order valence-corrected chi connectivity index (χ1v) is 8.77. The number of hydrogen-bond donors (Lipinski definition) is 1. The molecule has 0 saturated carbocycles. The fourth-order valence-corrected chi connectivity index (χ4v) is 4.59. The molecule has 0 spiro atoms. The molecule has 5 rings (SSSR count). The Balaban J connectivity index is 1.53. The second-order valence-corrected chi connectivity index (χ2v) is 7.55. The molecule has 3 aliphatic rings. The molecule has 3 atom stereocenters. The van der Waals surface area contributed by atoms with E-state index in [1.807, 2.05) is 12.3 Å². The summed E-state index contributed by atoms with van der Waals surface area (Å²) in [4.78, 5) is 5.90. The van der Waals surface area contributed by atoms with Gasteiger partial charge in [-0.15, -0.1) is 0 Å². The number of rotatable bonds is 4. The van der Waals surface area contributed by atoms with Gasteiger partial charge in [-0.2, -0.15) is 0 Å². The highest BCUT2D eigenvalue weighted by Gasteiger charge is 2.44. The Morgan fingerprint density at radius 1 is 1.35 bits per heavy atom. The molecule has 23 heavy (non-hydrogen) atoms. The molecule has 1 fully saturated rings. The summed E-state index contributed by atoms with van der Waals surface area (Å²) in [6.07, 6.45) is 10.4. The van der Waals surface area contributed by atoms with Crippen LogP contribution in [-0.4, -0.2) is 29.0 Å². The molecule has 122 valence electrons. The lowest BCUT2D eigenvalue weighted by Crippen LogP contribution is -2.55. The smallest absolute Gasteiger partial charge is 0.123 e. The summed E-state index contributed by atoms with van der Waals surface area (Å²) in [5.74, 6) is 0.544. The van der Waals surface area contributed by atoms with E-state index in [4.69, 9.17) is 0 Å². The van der Waals surface area contributed by atoms with E-state index in [1.165, 1.54) is 31.0 Å². The summed E-state index contributed by atoms with van der Waals surface area (Å²) >= 11 is 0. The van der Waals surface area contributed by atoms with Crippen LogP contribution in [0, 0.1) is 17.2 Å². The number of aromatic nitrogens is 1. The molecule has 0 amide bonds. The number of piperidine rings is 1. The lowest BCUT2D eigenvalue weighted by molar-refractivity contribution is 0.0167. The molecule has 1 aromatic heterocycles.